The molecule has 21 nitrogen and oxygen atoms in total. The van der Waals surface area contributed by atoms with Gasteiger partial charge in [-0.1, -0.05) is 69.9 Å². The van der Waals surface area contributed by atoms with Crippen LogP contribution in [0, 0.1) is 0 Å². The summed E-state index contributed by atoms with van der Waals surface area (Å²) in [7, 11) is 3.26. The Balaban J connectivity index is 0.000000179. The number of piperazine rings is 2. The van der Waals surface area contributed by atoms with E-state index in [-0.39, 0.29) is 48.3 Å². The van der Waals surface area contributed by atoms with E-state index < -0.39 is 35.8 Å². The van der Waals surface area contributed by atoms with Crippen LogP contribution >= 0.6 is 69.9 Å². The van der Waals surface area contributed by atoms with Crippen molar-refractivity contribution in [1.82, 2.24) is 20.0 Å². The smallest absolute Gasteiger partial charge is 0.414 e. The molecule has 7 amide bonds. The zero-order valence-electron chi connectivity index (χ0n) is 42.3. The minimum Gasteiger partial charge on any atom is -0.480 e. The van der Waals surface area contributed by atoms with Crippen molar-refractivity contribution < 1.29 is 61.8 Å². The Hall–Kier alpha value is -6.86. The van der Waals surface area contributed by atoms with E-state index in [2.05, 4.69) is 21.2 Å². The third-order valence-electron chi connectivity index (χ3n) is 12.7. The van der Waals surface area contributed by atoms with Crippen LogP contribution in [0.2, 0.25) is 20.1 Å². The summed E-state index contributed by atoms with van der Waals surface area (Å²) in [6.07, 6.45) is 2.02. The number of benzene rings is 4. The van der Waals surface area contributed by atoms with Crippen molar-refractivity contribution in [2.45, 2.75) is 13.2 Å². The Bertz CT molecular complexity index is 3240. The fraction of sp³-hybridized carbons (Fsp3) is 0.308. The van der Waals surface area contributed by atoms with Crippen molar-refractivity contribution in [1.29, 1.82) is 0 Å². The second-order valence-corrected chi connectivity index (χ2v) is 21.6. The maximum Gasteiger partial charge on any atom is 0.414 e. The molecular weight excluding hydrogens is 1150 g/mol. The van der Waals surface area contributed by atoms with E-state index in [4.69, 9.17) is 69.8 Å². The van der Waals surface area contributed by atoms with Crippen molar-refractivity contribution in [3.63, 3.8) is 0 Å². The average molecular weight is 1200 g/mol. The van der Waals surface area contributed by atoms with E-state index in [1.165, 1.54) is 16.1 Å². The predicted molar refractivity (Wildman–Crippen MR) is 303 cm³/mol. The van der Waals surface area contributed by atoms with Crippen LogP contribution in [0.4, 0.5) is 41.9 Å². The molecule has 2 aromatic heterocycles. The number of rotatable bonds is 12. The number of furan rings is 2. The second-order valence-electron chi connectivity index (χ2n) is 18.0. The molecule has 416 valence electrons. The minimum atomic E-state index is -1.17. The molecule has 0 radical (unpaired) electrons. The van der Waals surface area contributed by atoms with E-state index in [0.29, 0.717) is 68.8 Å². The number of amides is 7. The third-order valence-corrected chi connectivity index (χ3v) is 15.3. The summed E-state index contributed by atoms with van der Waals surface area (Å²) in [5.74, 6) is -2.03. The number of fused-ring (bicyclic) bond motifs is 2. The summed E-state index contributed by atoms with van der Waals surface area (Å²) in [5.41, 5.74) is 5.96. The molecule has 0 saturated carbocycles. The van der Waals surface area contributed by atoms with E-state index in [9.17, 15) is 38.4 Å². The SMILES string of the molecule is CN(C(=O)OCc1cc(Cl)cc(Cl)c1)c1coc2ccc(N3CCN(C(=O)CN4C(=O)CSC4=O)CC3)cc12.CN(C(=O)OCc1cc(Cl)cc(Cl)c1)c1coc2ccc(N3CCNCC3)cc12.O=C(O)CN1C(=O)CSC1=O. The number of ether oxygens (including phenoxy) is 2. The molecule has 0 unspecified atom stereocenters. The Labute approximate surface area is 480 Å². The molecule has 4 saturated heterocycles. The maximum absolute atomic E-state index is 12.8. The second kappa shape index (κ2) is 26.4. The lowest BCUT2D eigenvalue weighted by Crippen LogP contribution is -2.51. The zero-order valence-corrected chi connectivity index (χ0v) is 46.9. The van der Waals surface area contributed by atoms with Gasteiger partial charge in [-0.05, 0) is 83.9 Å². The Kier molecular flexibility index (Phi) is 19.5. The number of imide groups is 2. The van der Waals surface area contributed by atoms with E-state index in [1.54, 1.807) is 61.7 Å². The number of hydrogen-bond donors (Lipinski definition) is 2. The number of carbonyl (C=O) groups excluding carboxylic acids is 7. The normalized spacial score (nSPS) is 15.5. The lowest BCUT2D eigenvalue weighted by atomic mass is 10.1. The molecule has 0 atom stereocenters. The number of nitrogens with one attached hydrogen (secondary N) is 1. The summed E-state index contributed by atoms with van der Waals surface area (Å²) in [6.45, 7) is 5.19. The van der Waals surface area contributed by atoms with Gasteiger partial charge in [-0.25, -0.2) is 9.59 Å². The van der Waals surface area contributed by atoms with E-state index >= 15 is 0 Å². The molecule has 10 rings (SSSR count). The topological polar surface area (TPSA) is 236 Å². The van der Waals surface area contributed by atoms with Crippen LogP contribution in [0.15, 0.2) is 94.2 Å². The fourth-order valence-electron chi connectivity index (χ4n) is 8.56. The van der Waals surface area contributed by atoms with Crippen LogP contribution in [0.25, 0.3) is 21.9 Å². The summed E-state index contributed by atoms with van der Waals surface area (Å²) in [4.78, 5) is 104. The van der Waals surface area contributed by atoms with Crippen molar-refractivity contribution in [2.24, 2.45) is 0 Å². The Morgan fingerprint density at radius 2 is 1.01 bits per heavy atom. The van der Waals surface area contributed by atoms with Gasteiger partial charge in [-0.2, -0.15) is 0 Å². The van der Waals surface area contributed by atoms with Gasteiger partial charge in [0.1, 0.15) is 50.0 Å². The predicted octanol–water partition coefficient (Wildman–Crippen LogP) is 9.55. The van der Waals surface area contributed by atoms with Crippen molar-refractivity contribution in [3.05, 3.63) is 117 Å². The molecule has 0 spiro atoms. The zero-order chi connectivity index (χ0) is 56.5. The highest BCUT2D eigenvalue weighted by Crippen LogP contribution is 2.35. The van der Waals surface area contributed by atoms with Gasteiger partial charge in [0.05, 0.1) is 22.9 Å². The summed E-state index contributed by atoms with van der Waals surface area (Å²) < 4.78 is 22.2. The third kappa shape index (κ3) is 14.9. The average Bonchev–Trinajstić information content (AvgIpc) is 4.40. The molecule has 4 aliphatic rings. The Morgan fingerprint density at radius 1 is 0.595 bits per heavy atom. The van der Waals surface area contributed by atoms with Crippen LogP contribution in [-0.4, -0.2) is 157 Å². The van der Waals surface area contributed by atoms with Gasteiger partial charge in [0.2, 0.25) is 17.7 Å². The van der Waals surface area contributed by atoms with E-state index in [0.717, 1.165) is 92.8 Å². The van der Waals surface area contributed by atoms with Crippen LogP contribution in [0.3, 0.4) is 0 Å². The lowest BCUT2D eigenvalue weighted by molar-refractivity contribution is -0.141. The molecule has 79 heavy (non-hydrogen) atoms. The van der Waals surface area contributed by atoms with Crippen molar-refractivity contribution in [3.8, 4) is 0 Å². The molecular formula is C52H50Cl4N8O13S2. The van der Waals surface area contributed by atoms with Gasteiger partial charge in [-0.15, -0.1) is 0 Å². The first-order chi connectivity index (χ1) is 37.8. The van der Waals surface area contributed by atoms with Crippen LogP contribution in [-0.2, 0) is 41.9 Å². The van der Waals surface area contributed by atoms with Crippen molar-refractivity contribution in [2.75, 3.05) is 111 Å². The summed E-state index contributed by atoms with van der Waals surface area (Å²) in [6, 6.07) is 21.8. The number of thioether (sulfide) groups is 2. The minimum absolute atomic E-state index is 0.00635. The monoisotopic (exact) mass is 1200 g/mol. The number of anilines is 4. The standard InChI is InChI=1S/C26H24Cl2N4O6S.C21H21Cl2N3O3.C5H5NO4S/c1-29(25(35)38-13-16-8-17(27)10-18(28)9-16)21-14-37-22-3-2-19(11-20(21)22)30-4-6-31(7-5-30)23(33)12-32-24(34)15-39-26(32)36;1-25(21(27)29-12-14-8-15(22)10-16(23)9-14)19-13-28-20-3-2-17(11-18(19)20)26-6-4-24-5-7-26;7-3-2-11-5(10)6(3)1-4(8)9/h2-3,8-11,14H,4-7,12-13,15H2,1H3;2-3,8-11,13,24H,4-7,12H2,1H3;1-2H2,(H,8,9). The van der Waals surface area contributed by atoms with Gasteiger partial charge in [0.15, 0.2) is 0 Å². The van der Waals surface area contributed by atoms with Crippen LogP contribution in [0.5, 0.6) is 0 Å². The number of carbonyl (C=O) groups is 8. The van der Waals surface area contributed by atoms with Gasteiger partial charge >= 0.3 is 18.2 Å². The first kappa shape index (κ1) is 58.3. The lowest BCUT2D eigenvalue weighted by Gasteiger charge is -2.36. The molecule has 4 fully saturated rings. The van der Waals surface area contributed by atoms with Crippen LogP contribution in [0.1, 0.15) is 11.1 Å². The number of nitrogens with zero attached hydrogens (tertiary/aromatic N) is 7. The van der Waals surface area contributed by atoms with Gasteiger partial charge in [0, 0.05) is 109 Å². The number of carboxylic acids is 1. The number of carboxylic acid groups (broad SMARTS) is 1. The molecule has 27 heteroatoms. The molecule has 0 aliphatic carbocycles. The molecule has 4 aromatic carbocycles. The van der Waals surface area contributed by atoms with Crippen LogP contribution < -0.4 is 24.9 Å². The largest absolute Gasteiger partial charge is 0.480 e. The molecule has 4 aliphatic heterocycles. The number of halogens is 4. The summed E-state index contributed by atoms with van der Waals surface area (Å²) >= 11 is 25.8. The first-order valence-electron chi connectivity index (χ1n) is 24.2. The molecule has 0 bridgehead atoms. The first-order valence-corrected chi connectivity index (χ1v) is 27.7. The van der Waals surface area contributed by atoms with Crippen molar-refractivity contribution >= 4 is 161 Å². The highest BCUT2D eigenvalue weighted by atomic mass is 35.5. The van der Waals surface area contributed by atoms with Gasteiger partial charge in [-0.3, -0.25) is 48.4 Å². The maximum atomic E-state index is 12.8. The number of hydrogen-bond acceptors (Lipinski definition) is 17. The molecule has 6 aromatic rings. The van der Waals surface area contributed by atoms with Gasteiger partial charge < -0.3 is 43.4 Å². The highest BCUT2D eigenvalue weighted by molar-refractivity contribution is 8.15. The summed E-state index contributed by atoms with van der Waals surface area (Å²) in [5, 5.41) is 14.3. The van der Waals surface area contributed by atoms with Gasteiger partial charge in [0.25, 0.3) is 10.5 Å². The highest BCUT2D eigenvalue weighted by Gasteiger charge is 2.34. The molecule has 6 heterocycles. The van der Waals surface area contributed by atoms with E-state index in [1.807, 2.05) is 30.3 Å². The fourth-order valence-corrected chi connectivity index (χ4v) is 11.2. The quantitative estimate of drug-likeness (QED) is 0.116. The number of aliphatic carboxylic acids is 1. The Morgan fingerprint density at radius 3 is 1.42 bits per heavy atom. The molecule has 2 N–H and O–H groups in total.